The van der Waals surface area contributed by atoms with E-state index < -0.39 is 71.2 Å². The Morgan fingerprint density at radius 2 is 1.64 bits per heavy atom. The molecule has 47 heavy (non-hydrogen) atoms. The van der Waals surface area contributed by atoms with Crippen LogP contribution in [0.4, 0.5) is 4.79 Å². The van der Waals surface area contributed by atoms with E-state index in [4.69, 9.17) is 4.74 Å². The van der Waals surface area contributed by atoms with Crippen LogP contribution in [0.1, 0.15) is 67.4 Å². The number of nitrogens with zero attached hydrogens (tertiary/aromatic N) is 1. The highest BCUT2D eigenvalue weighted by molar-refractivity contribution is 9.10. The fourth-order valence-electron chi connectivity index (χ4n) is 5.98. The van der Waals surface area contributed by atoms with Crippen molar-refractivity contribution in [3.63, 3.8) is 0 Å². The van der Waals surface area contributed by atoms with E-state index in [1.165, 1.54) is 11.0 Å². The van der Waals surface area contributed by atoms with Crippen LogP contribution in [0.25, 0.3) is 0 Å². The number of ketones is 1. The fourth-order valence-corrected chi connectivity index (χ4v) is 6.24. The topological polar surface area (TPSA) is 163 Å². The molecule has 1 heterocycles. The average Bonchev–Trinajstić information content (AvgIpc) is 3.27. The molecule has 1 unspecified atom stereocenters. The molecule has 3 rings (SSSR count). The minimum Gasteiger partial charge on any atom is -0.444 e. The molecule has 1 saturated carbocycles. The zero-order valence-corrected chi connectivity index (χ0v) is 30.1. The first-order valence-corrected chi connectivity index (χ1v) is 16.5. The van der Waals surface area contributed by atoms with Crippen LogP contribution in [0.3, 0.4) is 0 Å². The number of hydrogen-bond donors (Lipinski definition) is 4. The molecule has 258 valence electrons. The summed E-state index contributed by atoms with van der Waals surface area (Å²) in [5.74, 6) is -3.64. The van der Waals surface area contributed by atoms with E-state index >= 15 is 0 Å². The number of piperidine rings is 1. The number of fused-ring (bicyclic) bond motifs is 1. The van der Waals surface area contributed by atoms with E-state index in [9.17, 15) is 28.8 Å². The third kappa shape index (κ3) is 9.65. The van der Waals surface area contributed by atoms with Crippen molar-refractivity contribution in [2.45, 2.75) is 92.1 Å². The Morgan fingerprint density at radius 3 is 2.19 bits per heavy atom. The van der Waals surface area contributed by atoms with E-state index in [1.807, 2.05) is 38.1 Å². The van der Waals surface area contributed by atoms with Crippen molar-refractivity contribution in [1.29, 1.82) is 0 Å². The molecule has 5 amide bonds. The number of carbonyl (C=O) groups excluding carboxylic acids is 6. The molecular weight excluding hydrogens is 670 g/mol. The maximum atomic E-state index is 14.0. The smallest absolute Gasteiger partial charge is 0.408 e. The van der Waals surface area contributed by atoms with Gasteiger partial charge in [0.1, 0.15) is 23.7 Å². The van der Waals surface area contributed by atoms with Crippen LogP contribution in [0, 0.1) is 22.7 Å². The van der Waals surface area contributed by atoms with Gasteiger partial charge in [0.15, 0.2) is 0 Å². The van der Waals surface area contributed by atoms with E-state index in [2.05, 4.69) is 43.8 Å². The SMILES string of the molecule is C=CC[C@H](NC(=O)C1[C@H]2[C@H](CN1C(=O)[C@@H](NC(=O)OC(C)(C)C)C(C)(C)C)C2(C)C)C(=O)C(=O)NCC(=O)NCc1ccc(Br)cc1. The molecule has 1 aromatic carbocycles. The monoisotopic (exact) mass is 717 g/mol. The highest BCUT2D eigenvalue weighted by Gasteiger charge is 2.70. The molecule has 1 aliphatic heterocycles. The summed E-state index contributed by atoms with van der Waals surface area (Å²) in [4.78, 5) is 80.3. The van der Waals surface area contributed by atoms with Crippen molar-refractivity contribution >= 4 is 51.4 Å². The Morgan fingerprint density at radius 1 is 1.02 bits per heavy atom. The van der Waals surface area contributed by atoms with Crippen LogP contribution >= 0.6 is 15.9 Å². The molecule has 0 aromatic heterocycles. The van der Waals surface area contributed by atoms with Gasteiger partial charge in [-0.1, -0.05) is 68.8 Å². The number of nitrogens with one attached hydrogen (secondary N) is 4. The zero-order chi connectivity index (χ0) is 35.5. The summed E-state index contributed by atoms with van der Waals surface area (Å²) in [6.45, 7) is 18.4. The van der Waals surface area contributed by atoms with Gasteiger partial charge in [-0.25, -0.2) is 4.79 Å². The number of likely N-dealkylation sites (tertiary alicyclic amines) is 1. The molecule has 0 spiro atoms. The lowest BCUT2D eigenvalue weighted by Crippen LogP contribution is -2.60. The van der Waals surface area contributed by atoms with Gasteiger partial charge in [0.25, 0.3) is 5.91 Å². The van der Waals surface area contributed by atoms with Gasteiger partial charge in [0.2, 0.25) is 23.5 Å². The number of carbonyl (C=O) groups is 6. The van der Waals surface area contributed by atoms with Gasteiger partial charge in [0, 0.05) is 17.6 Å². The van der Waals surface area contributed by atoms with E-state index in [0.717, 1.165) is 10.0 Å². The first-order chi connectivity index (χ1) is 21.7. The van der Waals surface area contributed by atoms with Crippen LogP contribution < -0.4 is 21.3 Å². The number of amides is 5. The summed E-state index contributed by atoms with van der Waals surface area (Å²) in [5.41, 5.74) is -0.873. The van der Waals surface area contributed by atoms with Crippen molar-refractivity contribution < 1.29 is 33.5 Å². The predicted octanol–water partition coefficient (Wildman–Crippen LogP) is 3.23. The Balaban J connectivity index is 1.69. The number of hydrogen-bond acceptors (Lipinski definition) is 7. The first-order valence-electron chi connectivity index (χ1n) is 15.7. The number of halogens is 1. The zero-order valence-electron chi connectivity index (χ0n) is 28.5. The third-order valence-electron chi connectivity index (χ3n) is 8.61. The van der Waals surface area contributed by atoms with Gasteiger partial charge in [-0.2, -0.15) is 0 Å². The number of benzene rings is 1. The lowest BCUT2D eigenvalue weighted by Gasteiger charge is -2.38. The van der Waals surface area contributed by atoms with Crippen molar-refractivity contribution in [3.8, 4) is 0 Å². The number of rotatable bonds is 12. The Labute approximate surface area is 285 Å². The molecule has 2 aliphatic rings. The Hall–Kier alpha value is -3.74. The number of ether oxygens (including phenoxy) is 1. The van der Waals surface area contributed by atoms with Crippen LogP contribution in [-0.2, 0) is 35.3 Å². The summed E-state index contributed by atoms with van der Waals surface area (Å²) >= 11 is 3.35. The summed E-state index contributed by atoms with van der Waals surface area (Å²) in [6.07, 6.45) is 0.612. The largest absolute Gasteiger partial charge is 0.444 e. The highest BCUT2D eigenvalue weighted by Crippen LogP contribution is 2.65. The average molecular weight is 719 g/mol. The molecule has 4 N–H and O–H groups in total. The summed E-state index contributed by atoms with van der Waals surface area (Å²) in [6, 6.07) is 4.15. The number of alkyl carbamates (subject to hydrolysis) is 1. The molecule has 12 nitrogen and oxygen atoms in total. The van der Waals surface area contributed by atoms with E-state index in [-0.39, 0.29) is 30.2 Å². The molecule has 1 aliphatic carbocycles. The van der Waals surface area contributed by atoms with Crippen molar-refractivity contribution in [1.82, 2.24) is 26.2 Å². The van der Waals surface area contributed by atoms with Gasteiger partial charge in [-0.15, -0.1) is 6.58 Å². The Kier molecular flexibility index (Phi) is 11.7. The van der Waals surface area contributed by atoms with E-state index in [1.54, 1.807) is 41.5 Å². The minimum atomic E-state index is -1.26. The lowest BCUT2D eigenvalue weighted by atomic mass is 9.85. The maximum Gasteiger partial charge on any atom is 0.408 e. The standard InChI is InChI=1S/C34H48BrN5O7/c1-10-11-22(26(42)29(44)37-17-23(41)36-16-19-12-14-20(35)15-13-19)38-28(43)25-24-21(34(24,8)9)18-40(25)30(45)27(32(2,3)4)39-31(46)47-33(5,6)7/h10,12-15,21-22,24-25,27H,1,11,16-18H2,2-9H3,(H,36,41)(H,37,44)(H,38,43)(H,39,46)/t21-,22-,24+,25?,27+/m0/s1. The van der Waals surface area contributed by atoms with Crippen molar-refractivity contribution in [3.05, 3.63) is 47.0 Å². The van der Waals surface area contributed by atoms with E-state index in [0.29, 0.717) is 6.54 Å². The van der Waals surface area contributed by atoms with Gasteiger partial charge >= 0.3 is 6.09 Å². The van der Waals surface area contributed by atoms with Gasteiger partial charge < -0.3 is 30.9 Å². The number of Topliss-reactive ketones (excluding diaryl/α,β-unsaturated/α-hetero) is 1. The van der Waals surface area contributed by atoms with Gasteiger partial charge in [0.05, 0.1) is 6.54 Å². The second kappa shape index (κ2) is 14.6. The summed E-state index contributed by atoms with van der Waals surface area (Å²) in [5, 5.41) is 10.4. The highest BCUT2D eigenvalue weighted by atomic mass is 79.9. The molecule has 1 saturated heterocycles. The van der Waals surface area contributed by atoms with Crippen LogP contribution in [-0.4, -0.2) is 77.2 Å². The molecule has 0 bridgehead atoms. The second-order valence-corrected chi connectivity index (χ2v) is 15.8. The van der Waals surface area contributed by atoms with Crippen LogP contribution in [0.15, 0.2) is 41.4 Å². The molecule has 0 radical (unpaired) electrons. The quantitative estimate of drug-likeness (QED) is 0.191. The van der Waals surface area contributed by atoms with Crippen LogP contribution in [0.2, 0.25) is 0 Å². The molecule has 2 fully saturated rings. The third-order valence-corrected chi connectivity index (χ3v) is 9.13. The summed E-state index contributed by atoms with van der Waals surface area (Å²) in [7, 11) is 0. The first kappa shape index (κ1) is 37.7. The second-order valence-electron chi connectivity index (χ2n) is 14.9. The van der Waals surface area contributed by atoms with Crippen molar-refractivity contribution in [2.24, 2.45) is 22.7 Å². The van der Waals surface area contributed by atoms with Gasteiger partial charge in [-0.3, -0.25) is 24.0 Å². The molecule has 5 atom stereocenters. The Bertz CT molecular complexity index is 1400. The minimum absolute atomic E-state index is 0.0390. The fraction of sp³-hybridized carbons (Fsp3) is 0.588. The molecule has 13 heteroatoms. The molecule has 1 aromatic rings. The van der Waals surface area contributed by atoms with Crippen LogP contribution in [0.5, 0.6) is 0 Å². The van der Waals surface area contributed by atoms with Gasteiger partial charge in [-0.05, 0) is 67.6 Å². The predicted molar refractivity (Wildman–Crippen MR) is 180 cm³/mol. The molecular formula is C34H48BrN5O7. The normalized spacial score (nSPS) is 21.0. The maximum absolute atomic E-state index is 14.0. The van der Waals surface area contributed by atoms with Crippen molar-refractivity contribution in [2.75, 3.05) is 13.1 Å². The summed E-state index contributed by atoms with van der Waals surface area (Å²) < 4.78 is 6.30. The lowest BCUT2D eigenvalue weighted by molar-refractivity contribution is -0.145.